The zero-order chi connectivity index (χ0) is 18.2. The predicted molar refractivity (Wildman–Crippen MR) is 83.6 cm³/mol. The predicted octanol–water partition coefficient (Wildman–Crippen LogP) is 0.137. The highest BCUT2D eigenvalue weighted by molar-refractivity contribution is 5.87. The molecule has 1 saturated carbocycles. The molecule has 1 heterocycles. The van der Waals surface area contributed by atoms with Crippen LogP contribution < -0.4 is 4.74 Å². The third-order valence-corrected chi connectivity index (χ3v) is 4.36. The van der Waals surface area contributed by atoms with Crippen LogP contribution in [0.25, 0.3) is 6.08 Å². The van der Waals surface area contributed by atoms with E-state index in [1.165, 1.54) is 25.3 Å². The van der Waals surface area contributed by atoms with Crippen molar-refractivity contribution in [3.63, 3.8) is 0 Å². The Bertz CT molecular complexity index is 727. The average Bonchev–Trinajstić information content (AvgIpc) is 2.83. The van der Waals surface area contributed by atoms with E-state index in [0.717, 1.165) is 6.08 Å². The topological polar surface area (TPSA) is 123 Å². The Morgan fingerprint density at radius 3 is 2.88 bits per heavy atom. The van der Waals surface area contributed by atoms with Crippen LogP contribution in [0.5, 0.6) is 11.5 Å². The second-order valence-corrected chi connectivity index (χ2v) is 6.11. The molecule has 1 saturated heterocycles. The number of carbonyl (C=O) groups excluding carboxylic acids is 2. The molecule has 0 unspecified atom stereocenters. The minimum atomic E-state index is -1.72. The molecule has 134 valence electrons. The molecule has 1 aliphatic heterocycles. The molecule has 2 bridgehead atoms. The van der Waals surface area contributed by atoms with Crippen molar-refractivity contribution in [1.82, 2.24) is 0 Å². The van der Waals surface area contributed by atoms with Crippen molar-refractivity contribution in [2.24, 2.45) is 0 Å². The summed E-state index contributed by atoms with van der Waals surface area (Å²) >= 11 is 0. The number of fused-ring (bicyclic) bond motifs is 2. The lowest BCUT2D eigenvalue weighted by Crippen LogP contribution is -2.50. The van der Waals surface area contributed by atoms with Crippen molar-refractivity contribution < 1.29 is 39.1 Å². The van der Waals surface area contributed by atoms with E-state index in [4.69, 9.17) is 14.2 Å². The number of carbonyl (C=O) groups is 2. The van der Waals surface area contributed by atoms with Gasteiger partial charge in [-0.15, -0.1) is 0 Å². The quantitative estimate of drug-likeness (QED) is 0.518. The lowest BCUT2D eigenvalue weighted by molar-refractivity contribution is -0.162. The van der Waals surface area contributed by atoms with Crippen molar-refractivity contribution in [2.75, 3.05) is 7.11 Å². The van der Waals surface area contributed by atoms with E-state index in [-0.39, 0.29) is 24.3 Å². The van der Waals surface area contributed by atoms with E-state index in [1.807, 2.05) is 0 Å². The standard InChI is InChI=1S/C17H18O8/c1-23-11-6-9(2-4-10(11)18)3-5-14(19)24-12-7-17(22)8-13(15(12)20)25-16(17)21/h2-6,12-13,15,18,20,22H,7-8H2,1H3/b5-3+/t12-,13-,15-,17+/m1/s1. The molecule has 1 aromatic rings. The number of aromatic hydroxyl groups is 1. The zero-order valence-corrected chi connectivity index (χ0v) is 13.4. The monoisotopic (exact) mass is 350 g/mol. The highest BCUT2D eigenvalue weighted by Crippen LogP contribution is 2.39. The molecule has 1 aliphatic carbocycles. The number of aliphatic hydroxyl groups is 2. The lowest BCUT2D eigenvalue weighted by atomic mass is 9.82. The molecular weight excluding hydrogens is 332 g/mol. The SMILES string of the molecule is COc1cc(/C=C/C(=O)O[C@@H]2C[C@]3(O)C[C@@H](OC3=O)[C@@H]2O)ccc1O. The van der Waals surface area contributed by atoms with Gasteiger partial charge in [-0.2, -0.15) is 0 Å². The normalized spacial score (nSPS) is 31.0. The Labute approximate surface area is 143 Å². The number of phenolic OH excluding ortho intramolecular Hbond substituents is 1. The van der Waals surface area contributed by atoms with Gasteiger partial charge in [-0.05, 0) is 23.8 Å². The van der Waals surface area contributed by atoms with Gasteiger partial charge >= 0.3 is 11.9 Å². The van der Waals surface area contributed by atoms with Gasteiger partial charge in [0.25, 0.3) is 0 Å². The van der Waals surface area contributed by atoms with E-state index in [0.29, 0.717) is 5.56 Å². The molecule has 1 aromatic carbocycles. The van der Waals surface area contributed by atoms with Gasteiger partial charge in [-0.25, -0.2) is 9.59 Å². The molecule has 8 heteroatoms. The molecular formula is C17H18O8. The van der Waals surface area contributed by atoms with Gasteiger partial charge in [0, 0.05) is 18.9 Å². The van der Waals surface area contributed by atoms with Crippen molar-refractivity contribution in [3.05, 3.63) is 29.8 Å². The molecule has 2 aliphatic rings. The summed E-state index contributed by atoms with van der Waals surface area (Å²) in [4.78, 5) is 23.5. The van der Waals surface area contributed by atoms with Crippen molar-refractivity contribution >= 4 is 18.0 Å². The third-order valence-electron chi connectivity index (χ3n) is 4.36. The molecule has 0 amide bonds. The van der Waals surface area contributed by atoms with Gasteiger partial charge in [0.15, 0.2) is 17.1 Å². The van der Waals surface area contributed by atoms with Gasteiger partial charge < -0.3 is 29.5 Å². The number of rotatable bonds is 4. The molecule has 0 spiro atoms. The van der Waals surface area contributed by atoms with Crippen LogP contribution in [0.1, 0.15) is 18.4 Å². The first-order chi connectivity index (χ1) is 11.8. The maximum atomic E-state index is 12.0. The highest BCUT2D eigenvalue weighted by atomic mass is 16.6. The summed E-state index contributed by atoms with van der Waals surface area (Å²) in [6, 6.07) is 4.53. The van der Waals surface area contributed by atoms with Crippen LogP contribution in [0.2, 0.25) is 0 Å². The zero-order valence-electron chi connectivity index (χ0n) is 13.4. The number of hydrogen-bond donors (Lipinski definition) is 3. The number of methoxy groups -OCH3 is 1. The molecule has 8 nitrogen and oxygen atoms in total. The number of esters is 2. The number of hydrogen-bond acceptors (Lipinski definition) is 8. The molecule has 3 rings (SSSR count). The molecule has 3 N–H and O–H groups in total. The van der Waals surface area contributed by atoms with Crippen LogP contribution in [-0.4, -0.2) is 58.3 Å². The summed E-state index contributed by atoms with van der Waals surface area (Å²) in [5, 5.41) is 29.8. The third kappa shape index (κ3) is 3.31. The van der Waals surface area contributed by atoms with Crippen molar-refractivity contribution in [2.45, 2.75) is 36.8 Å². The Morgan fingerprint density at radius 2 is 2.16 bits per heavy atom. The van der Waals surface area contributed by atoms with E-state index < -0.39 is 35.9 Å². The molecule has 0 radical (unpaired) electrons. The fraction of sp³-hybridized carbons (Fsp3) is 0.412. The van der Waals surface area contributed by atoms with E-state index in [1.54, 1.807) is 6.07 Å². The molecule has 25 heavy (non-hydrogen) atoms. The first kappa shape index (κ1) is 17.2. The second kappa shape index (κ2) is 6.38. The highest BCUT2D eigenvalue weighted by Gasteiger charge is 2.58. The van der Waals surface area contributed by atoms with Crippen LogP contribution in [0.4, 0.5) is 0 Å². The summed E-state index contributed by atoms with van der Waals surface area (Å²) in [5.74, 6) is -1.32. The second-order valence-electron chi connectivity index (χ2n) is 6.11. The fourth-order valence-corrected chi connectivity index (χ4v) is 3.02. The van der Waals surface area contributed by atoms with E-state index in [2.05, 4.69) is 0 Å². The Morgan fingerprint density at radius 1 is 1.40 bits per heavy atom. The summed E-state index contributed by atoms with van der Waals surface area (Å²) in [6.45, 7) is 0. The number of phenols is 1. The smallest absolute Gasteiger partial charge is 0.338 e. The summed E-state index contributed by atoms with van der Waals surface area (Å²) in [6.07, 6.45) is -0.735. The van der Waals surface area contributed by atoms with Gasteiger partial charge in [-0.3, -0.25) is 0 Å². The number of aliphatic hydroxyl groups excluding tert-OH is 1. The van der Waals surface area contributed by atoms with Crippen LogP contribution in [0.15, 0.2) is 24.3 Å². The van der Waals surface area contributed by atoms with Gasteiger partial charge in [-0.1, -0.05) is 6.07 Å². The summed E-state index contributed by atoms with van der Waals surface area (Å²) < 4.78 is 15.0. The molecule has 4 atom stereocenters. The van der Waals surface area contributed by atoms with Crippen molar-refractivity contribution in [3.8, 4) is 11.5 Å². The Hall–Kier alpha value is -2.58. The largest absolute Gasteiger partial charge is 0.504 e. The van der Waals surface area contributed by atoms with Gasteiger partial charge in [0.05, 0.1) is 7.11 Å². The molecule has 2 fully saturated rings. The van der Waals surface area contributed by atoms with Gasteiger partial charge in [0.1, 0.15) is 18.3 Å². The Balaban J connectivity index is 1.65. The van der Waals surface area contributed by atoms with Crippen LogP contribution in [0.3, 0.4) is 0 Å². The van der Waals surface area contributed by atoms with Gasteiger partial charge in [0.2, 0.25) is 0 Å². The summed E-state index contributed by atoms with van der Waals surface area (Å²) in [7, 11) is 1.41. The first-order valence-corrected chi connectivity index (χ1v) is 7.69. The minimum Gasteiger partial charge on any atom is -0.504 e. The molecule has 0 aromatic heterocycles. The maximum absolute atomic E-state index is 12.0. The van der Waals surface area contributed by atoms with Crippen LogP contribution in [0, 0.1) is 0 Å². The van der Waals surface area contributed by atoms with E-state index >= 15 is 0 Å². The first-order valence-electron chi connectivity index (χ1n) is 7.69. The van der Waals surface area contributed by atoms with Crippen LogP contribution in [-0.2, 0) is 19.1 Å². The number of ether oxygens (including phenoxy) is 3. The average molecular weight is 350 g/mol. The minimum absolute atomic E-state index is 0.00973. The van der Waals surface area contributed by atoms with Crippen molar-refractivity contribution in [1.29, 1.82) is 0 Å². The lowest BCUT2D eigenvalue weighted by Gasteiger charge is -2.32. The number of benzene rings is 1. The van der Waals surface area contributed by atoms with Crippen LogP contribution >= 0.6 is 0 Å². The Kier molecular flexibility index (Phi) is 4.40. The summed E-state index contributed by atoms with van der Waals surface area (Å²) in [5.41, 5.74) is -1.13. The van der Waals surface area contributed by atoms with E-state index in [9.17, 15) is 24.9 Å². The maximum Gasteiger partial charge on any atom is 0.338 e. The fourth-order valence-electron chi connectivity index (χ4n) is 3.02.